The summed E-state index contributed by atoms with van der Waals surface area (Å²) in [6.07, 6.45) is 2.71. The molecule has 5 nitrogen and oxygen atoms in total. The number of para-hydroxylation sites is 1. The summed E-state index contributed by atoms with van der Waals surface area (Å²) in [7, 11) is 0. The Balaban J connectivity index is 1.67. The number of nitrogens with zero attached hydrogens (tertiary/aromatic N) is 2. The maximum Gasteiger partial charge on any atom is 0.281 e. The summed E-state index contributed by atoms with van der Waals surface area (Å²) in [5.41, 5.74) is 4.81. The Bertz CT molecular complexity index is 1250. The molecule has 5 heteroatoms. The van der Waals surface area contributed by atoms with E-state index in [4.69, 9.17) is 0 Å². The number of rotatable bonds is 2. The Hall–Kier alpha value is -3.47. The van der Waals surface area contributed by atoms with Gasteiger partial charge in [0.1, 0.15) is 0 Å². The molecule has 1 aliphatic rings. The Kier molecular flexibility index (Phi) is 3.76. The van der Waals surface area contributed by atoms with Gasteiger partial charge >= 0.3 is 0 Å². The van der Waals surface area contributed by atoms with Crippen molar-refractivity contribution in [3.8, 4) is 5.69 Å². The molecule has 5 rings (SSSR count). The molecule has 0 aliphatic heterocycles. The fourth-order valence-electron chi connectivity index (χ4n) is 4.07. The molecule has 0 spiro atoms. The van der Waals surface area contributed by atoms with E-state index in [2.05, 4.69) is 34.3 Å². The molecular formula is C23H19N3O2. The van der Waals surface area contributed by atoms with E-state index in [1.807, 2.05) is 37.3 Å². The van der Waals surface area contributed by atoms with Crippen molar-refractivity contribution < 1.29 is 4.79 Å². The van der Waals surface area contributed by atoms with Crippen LogP contribution in [0.25, 0.3) is 16.7 Å². The van der Waals surface area contributed by atoms with Crippen molar-refractivity contribution in [2.24, 2.45) is 0 Å². The number of aryl methyl sites for hydroxylation is 1. The summed E-state index contributed by atoms with van der Waals surface area (Å²) in [6, 6.07) is 17.7. The Morgan fingerprint density at radius 3 is 2.50 bits per heavy atom. The van der Waals surface area contributed by atoms with Gasteiger partial charge in [0, 0.05) is 18.2 Å². The van der Waals surface area contributed by atoms with E-state index in [9.17, 15) is 9.59 Å². The molecular weight excluding hydrogens is 350 g/mol. The zero-order valence-electron chi connectivity index (χ0n) is 15.5. The molecule has 138 valence electrons. The van der Waals surface area contributed by atoms with Crippen LogP contribution < -0.4 is 5.56 Å². The van der Waals surface area contributed by atoms with Crippen LogP contribution in [0.2, 0.25) is 0 Å². The highest BCUT2D eigenvalue weighted by molar-refractivity contribution is 6.02. The van der Waals surface area contributed by atoms with Crippen LogP contribution >= 0.6 is 0 Å². The van der Waals surface area contributed by atoms with Crippen LogP contribution in [0.1, 0.15) is 39.4 Å². The van der Waals surface area contributed by atoms with Crippen molar-refractivity contribution in [2.45, 2.75) is 25.7 Å². The number of fused-ring (bicyclic) bond motifs is 3. The zero-order valence-corrected chi connectivity index (χ0v) is 15.5. The van der Waals surface area contributed by atoms with Crippen LogP contribution in [0.4, 0.5) is 0 Å². The number of aromatic amines is 1. The van der Waals surface area contributed by atoms with E-state index in [-0.39, 0.29) is 17.3 Å². The van der Waals surface area contributed by atoms with E-state index in [1.54, 1.807) is 6.20 Å². The molecule has 28 heavy (non-hydrogen) atoms. The third-order valence-corrected chi connectivity index (χ3v) is 5.57. The Morgan fingerprint density at radius 1 is 1.00 bits per heavy atom. The van der Waals surface area contributed by atoms with E-state index in [1.165, 1.54) is 10.2 Å². The van der Waals surface area contributed by atoms with Gasteiger partial charge < -0.3 is 0 Å². The first-order chi connectivity index (χ1) is 13.6. The van der Waals surface area contributed by atoms with Crippen LogP contribution in [0, 0.1) is 6.92 Å². The highest BCUT2D eigenvalue weighted by Crippen LogP contribution is 2.34. The summed E-state index contributed by atoms with van der Waals surface area (Å²) in [5, 5.41) is 3.61. The number of ketones is 1. The molecule has 4 aromatic rings. The maximum absolute atomic E-state index is 13.2. The molecule has 0 saturated carbocycles. The standard InChI is InChI=1S/C23H19N3O2/c1-14-7-9-15(10-8-14)16-11-18-19(20(27)12-16)13-24-22-21(18)23(28)26(25-22)17-5-3-2-4-6-17/h2-10,13,16H,11-12H2,1H3,(H,24,25)/t16-/m1/s1. The van der Waals surface area contributed by atoms with Crippen molar-refractivity contribution >= 4 is 16.8 Å². The van der Waals surface area contributed by atoms with Crippen LogP contribution in [-0.4, -0.2) is 20.5 Å². The number of carbonyl (C=O) groups excluding carboxylic acids is 1. The topological polar surface area (TPSA) is 67.8 Å². The van der Waals surface area contributed by atoms with Crippen molar-refractivity contribution in [3.63, 3.8) is 0 Å². The first-order valence-electron chi connectivity index (χ1n) is 9.39. The number of nitrogens with one attached hydrogen (secondary N) is 1. The molecule has 0 amide bonds. The zero-order chi connectivity index (χ0) is 19.3. The monoisotopic (exact) mass is 369 g/mol. The van der Waals surface area contributed by atoms with Crippen LogP contribution in [-0.2, 0) is 6.42 Å². The van der Waals surface area contributed by atoms with Gasteiger partial charge in [0.2, 0.25) is 0 Å². The van der Waals surface area contributed by atoms with Crippen LogP contribution in [0.15, 0.2) is 65.6 Å². The summed E-state index contributed by atoms with van der Waals surface area (Å²) in [6.45, 7) is 2.05. The largest absolute Gasteiger partial charge is 0.294 e. The van der Waals surface area contributed by atoms with Gasteiger partial charge in [-0.25, -0.2) is 9.67 Å². The van der Waals surface area contributed by atoms with E-state index in [0.717, 1.165) is 16.8 Å². The van der Waals surface area contributed by atoms with Gasteiger partial charge in [0.25, 0.3) is 5.56 Å². The van der Waals surface area contributed by atoms with Gasteiger partial charge in [-0.3, -0.25) is 14.7 Å². The first kappa shape index (κ1) is 16.7. The molecule has 0 bridgehead atoms. The number of carbonyl (C=O) groups is 1. The Labute approximate surface area is 161 Å². The SMILES string of the molecule is Cc1ccc([C@H]2CC(=O)c3cnc4[nH]n(-c5ccccc5)c(=O)c4c3C2)cc1. The van der Waals surface area contributed by atoms with Gasteiger partial charge in [0.15, 0.2) is 11.4 Å². The van der Waals surface area contributed by atoms with E-state index in [0.29, 0.717) is 29.4 Å². The molecule has 1 aliphatic carbocycles. The lowest BCUT2D eigenvalue weighted by Gasteiger charge is -2.24. The average Bonchev–Trinajstić information content (AvgIpc) is 3.06. The van der Waals surface area contributed by atoms with Crippen molar-refractivity contribution in [1.29, 1.82) is 0 Å². The second kappa shape index (κ2) is 6.30. The molecule has 0 unspecified atom stereocenters. The molecule has 0 fully saturated rings. The van der Waals surface area contributed by atoms with E-state index >= 15 is 0 Å². The molecule has 0 radical (unpaired) electrons. The lowest BCUT2D eigenvalue weighted by Crippen LogP contribution is -2.22. The van der Waals surface area contributed by atoms with Gasteiger partial charge in [-0.05, 0) is 42.5 Å². The lowest BCUT2D eigenvalue weighted by molar-refractivity contribution is 0.0964. The van der Waals surface area contributed by atoms with Crippen molar-refractivity contribution in [3.05, 3.63) is 93.4 Å². The maximum atomic E-state index is 13.2. The molecule has 2 aromatic carbocycles. The second-order valence-corrected chi connectivity index (χ2v) is 7.40. The predicted octanol–water partition coefficient (Wildman–Crippen LogP) is 3.93. The molecule has 1 N–H and O–H groups in total. The van der Waals surface area contributed by atoms with Gasteiger partial charge in [0.05, 0.1) is 11.1 Å². The van der Waals surface area contributed by atoms with Crippen LogP contribution in [0.5, 0.6) is 0 Å². The number of pyridine rings is 1. The summed E-state index contributed by atoms with van der Waals surface area (Å²) < 4.78 is 1.50. The normalized spacial score (nSPS) is 16.3. The molecule has 2 heterocycles. The number of hydrogen-bond donors (Lipinski definition) is 1. The average molecular weight is 369 g/mol. The summed E-state index contributed by atoms with van der Waals surface area (Å²) >= 11 is 0. The minimum atomic E-state index is -0.164. The first-order valence-corrected chi connectivity index (χ1v) is 9.39. The molecule has 2 aromatic heterocycles. The molecule has 1 atom stereocenters. The number of aromatic nitrogens is 3. The van der Waals surface area contributed by atoms with E-state index < -0.39 is 0 Å². The third-order valence-electron chi connectivity index (χ3n) is 5.57. The van der Waals surface area contributed by atoms with Crippen LogP contribution in [0.3, 0.4) is 0 Å². The Morgan fingerprint density at radius 2 is 1.75 bits per heavy atom. The number of H-pyrrole nitrogens is 1. The van der Waals surface area contributed by atoms with Gasteiger partial charge in [-0.2, -0.15) is 0 Å². The molecule has 0 saturated heterocycles. The lowest BCUT2D eigenvalue weighted by atomic mass is 9.79. The van der Waals surface area contributed by atoms with Gasteiger partial charge in [-0.15, -0.1) is 0 Å². The second-order valence-electron chi connectivity index (χ2n) is 7.40. The fraction of sp³-hybridized carbons (Fsp3) is 0.174. The minimum Gasteiger partial charge on any atom is -0.294 e. The smallest absolute Gasteiger partial charge is 0.281 e. The number of benzene rings is 2. The quantitative estimate of drug-likeness (QED) is 0.582. The predicted molar refractivity (Wildman–Crippen MR) is 108 cm³/mol. The summed E-state index contributed by atoms with van der Waals surface area (Å²) in [4.78, 5) is 30.3. The van der Waals surface area contributed by atoms with Crippen molar-refractivity contribution in [1.82, 2.24) is 14.8 Å². The third kappa shape index (κ3) is 2.59. The highest BCUT2D eigenvalue weighted by atomic mass is 16.1. The summed E-state index contributed by atoms with van der Waals surface area (Å²) in [5.74, 6) is 0.124. The minimum absolute atomic E-state index is 0.0492. The fourth-order valence-corrected chi connectivity index (χ4v) is 4.07. The number of hydrogen-bond acceptors (Lipinski definition) is 3. The highest BCUT2D eigenvalue weighted by Gasteiger charge is 2.30. The van der Waals surface area contributed by atoms with Gasteiger partial charge in [-0.1, -0.05) is 48.0 Å². The van der Waals surface area contributed by atoms with Crippen molar-refractivity contribution in [2.75, 3.05) is 0 Å². The number of Topliss-reactive ketones (excluding diaryl/α,β-unsaturated/α-hetero) is 1.